The van der Waals surface area contributed by atoms with Crippen LogP contribution in [0, 0.1) is 6.92 Å². The molecular weight excluding hydrogens is 540 g/mol. The summed E-state index contributed by atoms with van der Waals surface area (Å²) in [5, 5.41) is 14.5. The van der Waals surface area contributed by atoms with E-state index in [9.17, 15) is 19.2 Å². The summed E-state index contributed by atoms with van der Waals surface area (Å²) in [6.07, 6.45) is -0.801. The number of anilines is 1. The number of carbonyl (C=O) groups is 3. The lowest BCUT2D eigenvalue weighted by Gasteiger charge is -2.19. The molecule has 1 aromatic carbocycles. The first-order chi connectivity index (χ1) is 19.5. The zero-order valence-corrected chi connectivity index (χ0v) is 24.0. The van der Waals surface area contributed by atoms with Crippen molar-refractivity contribution in [2.45, 2.75) is 46.1 Å². The number of nitrogens with one attached hydrogen (secondary N) is 2. The van der Waals surface area contributed by atoms with E-state index in [1.165, 1.54) is 6.07 Å². The van der Waals surface area contributed by atoms with Crippen LogP contribution in [0.4, 0.5) is 10.5 Å². The number of carboxylic acid groups (broad SMARTS) is 1. The Morgan fingerprint density at radius 3 is 2.07 bits per heavy atom. The van der Waals surface area contributed by atoms with E-state index in [1.54, 1.807) is 39.8 Å². The van der Waals surface area contributed by atoms with E-state index in [-0.39, 0.29) is 49.7 Å². The van der Waals surface area contributed by atoms with Gasteiger partial charge in [-0.1, -0.05) is 0 Å². The molecule has 2 aromatic rings. The Balaban J connectivity index is 1.65. The summed E-state index contributed by atoms with van der Waals surface area (Å²) in [5.41, 5.74) is 0.304. The molecule has 0 saturated heterocycles. The van der Waals surface area contributed by atoms with Crippen LogP contribution in [0.3, 0.4) is 0 Å². The fourth-order valence-electron chi connectivity index (χ4n) is 3.50. The number of rotatable bonds is 18. The Hall–Kier alpha value is -3.52. The Bertz CT molecular complexity index is 1200. The second kappa shape index (κ2) is 17.3. The highest BCUT2D eigenvalue weighted by Gasteiger charge is 2.18. The number of aliphatic carboxylic acids is 1. The van der Waals surface area contributed by atoms with Gasteiger partial charge in [-0.25, -0.2) is 9.59 Å². The van der Waals surface area contributed by atoms with Crippen molar-refractivity contribution in [1.29, 1.82) is 0 Å². The Kier molecular flexibility index (Phi) is 14.2. The van der Waals surface area contributed by atoms with Crippen molar-refractivity contribution in [2.75, 3.05) is 64.7 Å². The lowest BCUT2D eigenvalue weighted by molar-refractivity contribution is -0.138. The second-order valence-electron chi connectivity index (χ2n) is 9.95. The summed E-state index contributed by atoms with van der Waals surface area (Å²) >= 11 is 0. The van der Waals surface area contributed by atoms with E-state index in [0.29, 0.717) is 56.3 Å². The zero-order chi connectivity index (χ0) is 30.3. The first kappa shape index (κ1) is 33.7. The van der Waals surface area contributed by atoms with Crippen LogP contribution in [0.15, 0.2) is 27.4 Å². The lowest BCUT2D eigenvalue weighted by Crippen LogP contribution is -2.30. The third-order valence-electron chi connectivity index (χ3n) is 5.41. The Morgan fingerprint density at radius 2 is 1.49 bits per heavy atom. The molecule has 2 amide bonds. The van der Waals surface area contributed by atoms with Gasteiger partial charge in [0, 0.05) is 23.7 Å². The van der Waals surface area contributed by atoms with Crippen LogP contribution in [0.2, 0.25) is 0 Å². The number of aryl methyl sites for hydroxylation is 1. The van der Waals surface area contributed by atoms with Crippen molar-refractivity contribution in [3.8, 4) is 0 Å². The van der Waals surface area contributed by atoms with Gasteiger partial charge in [-0.3, -0.25) is 14.9 Å². The number of carboxylic acids is 1. The van der Waals surface area contributed by atoms with Gasteiger partial charge in [-0.05, 0) is 45.4 Å². The predicted molar refractivity (Wildman–Crippen MR) is 149 cm³/mol. The first-order valence-corrected chi connectivity index (χ1v) is 13.3. The highest BCUT2D eigenvalue weighted by Crippen LogP contribution is 2.23. The lowest BCUT2D eigenvalue weighted by atomic mass is 10.0. The third-order valence-corrected chi connectivity index (χ3v) is 5.41. The van der Waals surface area contributed by atoms with Crippen LogP contribution in [-0.2, 0) is 39.7 Å². The average molecular weight is 581 g/mol. The van der Waals surface area contributed by atoms with E-state index >= 15 is 0 Å². The molecule has 0 saturated carbocycles. The Labute approximate surface area is 238 Å². The number of carbonyl (C=O) groups excluding carboxylic acids is 2. The molecule has 0 fully saturated rings. The van der Waals surface area contributed by atoms with Gasteiger partial charge in [0.2, 0.25) is 5.91 Å². The number of amides is 2. The molecule has 228 valence electrons. The molecule has 0 atom stereocenters. The maximum absolute atomic E-state index is 12.6. The molecule has 0 spiro atoms. The van der Waals surface area contributed by atoms with Crippen molar-refractivity contribution in [1.82, 2.24) is 5.32 Å². The van der Waals surface area contributed by atoms with Crippen molar-refractivity contribution in [3.63, 3.8) is 0 Å². The first-order valence-electron chi connectivity index (χ1n) is 13.3. The van der Waals surface area contributed by atoms with Gasteiger partial charge >= 0.3 is 17.7 Å². The molecule has 41 heavy (non-hydrogen) atoms. The number of benzene rings is 1. The molecule has 0 unspecified atom stereocenters. The fraction of sp³-hybridized carbons (Fsp3) is 0.571. The smallest absolute Gasteiger partial charge is 0.412 e. The van der Waals surface area contributed by atoms with Crippen LogP contribution in [-0.4, -0.2) is 88.1 Å². The van der Waals surface area contributed by atoms with Gasteiger partial charge in [0.1, 0.15) is 11.2 Å². The van der Waals surface area contributed by atoms with Crippen LogP contribution in [0.5, 0.6) is 0 Å². The quantitative estimate of drug-likeness (QED) is 0.175. The van der Waals surface area contributed by atoms with Gasteiger partial charge < -0.3 is 38.5 Å². The third kappa shape index (κ3) is 13.6. The Morgan fingerprint density at radius 1 is 0.902 bits per heavy atom. The highest BCUT2D eigenvalue weighted by atomic mass is 16.6. The normalized spacial score (nSPS) is 11.4. The van der Waals surface area contributed by atoms with E-state index in [4.69, 9.17) is 33.2 Å². The standard InChI is InChI=1S/C28H40N2O11/c1-19-21-6-5-20(30-27(35)41-28(2,3)4)17-23(21)40-26(34)22(19)18-24(31)29-8-10-37-12-14-39-16-15-38-13-11-36-9-7-25(32)33/h5-6,17H,7-16,18H2,1-4H3,(H,29,31)(H,30,35)(H,32,33). The maximum atomic E-state index is 12.6. The van der Waals surface area contributed by atoms with Gasteiger partial charge in [-0.15, -0.1) is 0 Å². The van der Waals surface area contributed by atoms with E-state index in [2.05, 4.69) is 10.6 Å². The average Bonchev–Trinajstić information content (AvgIpc) is 2.87. The monoisotopic (exact) mass is 580 g/mol. The zero-order valence-electron chi connectivity index (χ0n) is 24.0. The van der Waals surface area contributed by atoms with Crippen LogP contribution < -0.4 is 16.3 Å². The van der Waals surface area contributed by atoms with Crippen molar-refractivity contribution in [3.05, 3.63) is 39.7 Å². The van der Waals surface area contributed by atoms with Crippen LogP contribution in [0.25, 0.3) is 11.0 Å². The van der Waals surface area contributed by atoms with Crippen molar-refractivity contribution < 1.29 is 47.6 Å². The van der Waals surface area contributed by atoms with Crippen LogP contribution >= 0.6 is 0 Å². The van der Waals surface area contributed by atoms with Crippen molar-refractivity contribution >= 4 is 34.6 Å². The second-order valence-corrected chi connectivity index (χ2v) is 9.95. The summed E-state index contributed by atoms with van der Waals surface area (Å²) in [5.74, 6) is -1.24. The van der Waals surface area contributed by atoms with Gasteiger partial charge in [0.25, 0.3) is 0 Å². The molecular formula is C28H40N2O11. The van der Waals surface area contributed by atoms with E-state index < -0.39 is 23.3 Å². The molecule has 1 heterocycles. The molecule has 13 heteroatoms. The number of ether oxygens (including phenoxy) is 5. The van der Waals surface area contributed by atoms with E-state index in [1.807, 2.05) is 0 Å². The summed E-state index contributed by atoms with van der Waals surface area (Å²) in [7, 11) is 0. The largest absolute Gasteiger partial charge is 0.481 e. The van der Waals surface area contributed by atoms with E-state index in [0.717, 1.165) is 0 Å². The van der Waals surface area contributed by atoms with Gasteiger partial charge in [0.15, 0.2) is 0 Å². The minimum Gasteiger partial charge on any atom is -0.481 e. The molecule has 0 aliphatic heterocycles. The topological polar surface area (TPSA) is 172 Å². The molecule has 0 radical (unpaired) electrons. The molecule has 0 bridgehead atoms. The minimum absolute atomic E-state index is 0.0337. The molecule has 13 nitrogen and oxygen atoms in total. The van der Waals surface area contributed by atoms with Crippen LogP contribution in [0.1, 0.15) is 38.3 Å². The highest BCUT2D eigenvalue weighted by molar-refractivity contribution is 5.91. The summed E-state index contributed by atoms with van der Waals surface area (Å²) in [4.78, 5) is 47.4. The fourth-order valence-corrected chi connectivity index (χ4v) is 3.50. The van der Waals surface area contributed by atoms with Crippen molar-refractivity contribution in [2.24, 2.45) is 0 Å². The molecule has 0 aliphatic rings. The number of fused-ring (bicyclic) bond motifs is 1. The van der Waals surface area contributed by atoms with Gasteiger partial charge in [0.05, 0.1) is 71.3 Å². The summed E-state index contributed by atoms with van der Waals surface area (Å²) < 4.78 is 31.9. The molecule has 3 N–H and O–H groups in total. The number of hydrogen-bond donors (Lipinski definition) is 3. The summed E-state index contributed by atoms with van der Waals surface area (Å²) in [6.45, 7) is 9.85. The summed E-state index contributed by atoms with van der Waals surface area (Å²) in [6, 6.07) is 4.91. The maximum Gasteiger partial charge on any atom is 0.412 e. The SMILES string of the molecule is Cc1c(CC(=O)NCCOCCOCCOCCOCCC(=O)O)c(=O)oc2cc(NC(=O)OC(C)(C)C)ccc12. The molecule has 1 aromatic heterocycles. The molecule has 0 aliphatic carbocycles. The number of hydrogen-bond acceptors (Lipinski definition) is 10. The van der Waals surface area contributed by atoms with Gasteiger partial charge in [-0.2, -0.15) is 0 Å². The minimum atomic E-state index is -0.901. The molecule has 2 rings (SSSR count). The predicted octanol–water partition coefficient (Wildman–Crippen LogP) is 2.65.